The largest absolute Gasteiger partial charge is 0.417 e. The molecule has 2 atom stereocenters. The molecule has 1 aliphatic heterocycles. The molecule has 2 aromatic heterocycles. The molecule has 3 heterocycles. The van der Waals surface area contributed by atoms with Crippen LogP contribution in [0, 0.1) is 0 Å². The van der Waals surface area contributed by atoms with Gasteiger partial charge in [0.2, 0.25) is 5.91 Å². The molecule has 0 spiro atoms. The molecule has 0 aliphatic carbocycles. The van der Waals surface area contributed by atoms with Crippen molar-refractivity contribution in [2.45, 2.75) is 36.0 Å². The van der Waals surface area contributed by atoms with E-state index in [4.69, 9.17) is 11.6 Å². The number of carbonyl (C=O) groups excluding carboxylic acids is 1. The molecule has 27 heavy (non-hydrogen) atoms. The maximum absolute atomic E-state index is 13.0. The number of thioether (sulfide) groups is 1. The first-order chi connectivity index (χ1) is 12.5. The summed E-state index contributed by atoms with van der Waals surface area (Å²) in [7, 11) is -3.14. The highest BCUT2D eigenvalue weighted by atomic mass is 35.5. The average Bonchev–Trinajstić information content (AvgIpc) is 3.10. The van der Waals surface area contributed by atoms with E-state index in [2.05, 4.69) is 15.5 Å². The molecule has 0 aromatic carbocycles. The Morgan fingerprint density at radius 1 is 1.44 bits per heavy atom. The van der Waals surface area contributed by atoms with Gasteiger partial charge in [0.15, 0.2) is 20.6 Å². The number of pyridine rings is 1. The van der Waals surface area contributed by atoms with Crippen molar-refractivity contribution in [1.29, 1.82) is 0 Å². The van der Waals surface area contributed by atoms with Crippen molar-refractivity contribution in [3.8, 4) is 0 Å². The zero-order valence-electron chi connectivity index (χ0n) is 13.8. The van der Waals surface area contributed by atoms with Crippen molar-refractivity contribution in [3.63, 3.8) is 0 Å². The number of nitrogens with zero attached hydrogens (tertiary/aromatic N) is 3. The summed E-state index contributed by atoms with van der Waals surface area (Å²) in [6, 6.07) is 0.295. The fourth-order valence-corrected chi connectivity index (χ4v) is 5.36. The van der Waals surface area contributed by atoms with Gasteiger partial charge in [-0.3, -0.25) is 9.20 Å². The van der Waals surface area contributed by atoms with Gasteiger partial charge in [0.05, 0.1) is 27.3 Å². The molecule has 7 nitrogen and oxygen atoms in total. The number of amides is 1. The minimum atomic E-state index is -4.60. The van der Waals surface area contributed by atoms with E-state index in [-0.39, 0.29) is 27.3 Å². The molecule has 0 unspecified atom stereocenters. The van der Waals surface area contributed by atoms with E-state index >= 15 is 0 Å². The number of alkyl halides is 3. The standard InChI is InChI=1S/C14H14ClF3N4O3S2/c1-7(12(23)19-9-2-3-27(24,25)6-9)26-13-21-20-11-10(15)4-8(5-22(11)13)14(16,17)18/h4-5,7,9H,2-3,6H2,1H3,(H,19,23)/t7-,9+/m1/s1. The third-order valence-electron chi connectivity index (χ3n) is 3.99. The minimum absolute atomic E-state index is 0.0208. The Morgan fingerprint density at radius 2 is 2.15 bits per heavy atom. The average molecular weight is 443 g/mol. The summed E-state index contributed by atoms with van der Waals surface area (Å²) < 4.78 is 62.9. The summed E-state index contributed by atoms with van der Waals surface area (Å²) >= 11 is 6.75. The number of hydrogen-bond acceptors (Lipinski definition) is 6. The summed E-state index contributed by atoms with van der Waals surface area (Å²) in [4.78, 5) is 12.3. The van der Waals surface area contributed by atoms with Crippen LogP contribution in [0.4, 0.5) is 13.2 Å². The van der Waals surface area contributed by atoms with Gasteiger partial charge in [-0.25, -0.2) is 8.42 Å². The van der Waals surface area contributed by atoms with Crippen LogP contribution in [0.3, 0.4) is 0 Å². The van der Waals surface area contributed by atoms with Gasteiger partial charge in [0.25, 0.3) is 0 Å². The maximum atomic E-state index is 13.0. The maximum Gasteiger partial charge on any atom is 0.417 e. The van der Waals surface area contributed by atoms with E-state index in [1.54, 1.807) is 6.92 Å². The molecule has 13 heteroatoms. The van der Waals surface area contributed by atoms with Gasteiger partial charge < -0.3 is 5.32 Å². The normalized spacial score (nSPS) is 20.7. The van der Waals surface area contributed by atoms with Gasteiger partial charge in [0, 0.05) is 12.2 Å². The second-order valence-corrected chi connectivity index (χ2v) is 10.1. The van der Waals surface area contributed by atoms with Gasteiger partial charge in [-0.1, -0.05) is 23.4 Å². The van der Waals surface area contributed by atoms with Gasteiger partial charge in [-0.15, -0.1) is 10.2 Å². The van der Waals surface area contributed by atoms with Crippen LogP contribution in [0.1, 0.15) is 18.9 Å². The van der Waals surface area contributed by atoms with Crippen molar-refractivity contribution in [1.82, 2.24) is 19.9 Å². The lowest BCUT2D eigenvalue weighted by Gasteiger charge is -2.15. The number of rotatable bonds is 4. The van der Waals surface area contributed by atoms with Crippen molar-refractivity contribution in [2.24, 2.45) is 0 Å². The molecular weight excluding hydrogens is 429 g/mol. The highest BCUT2D eigenvalue weighted by Crippen LogP contribution is 2.33. The zero-order valence-corrected chi connectivity index (χ0v) is 16.2. The molecule has 1 fully saturated rings. The Labute approximate surface area is 161 Å². The van der Waals surface area contributed by atoms with E-state index in [9.17, 15) is 26.4 Å². The second kappa shape index (κ2) is 7.13. The first kappa shape index (κ1) is 20.2. The van der Waals surface area contributed by atoms with Gasteiger partial charge in [-0.2, -0.15) is 13.2 Å². The zero-order chi connectivity index (χ0) is 20.0. The van der Waals surface area contributed by atoms with Crippen LogP contribution in [-0.2, 0) is 20.8 Å². The van der Waals surface area contributed by atoms with Crippen molar-refractivity contribution in [3.05, 3.63) is 22.8 Å². The summed E-state index contributed by atoms with van der Waals surface area (Å²) in [5.74, 6) is -0.529. The van der Waals surface area contributed by atoms with E-state index in [0.29, 0.717) is 6.42 Å². The smallest absolute Gasteiger partial charge is 0.351 e. The van der Waals surface area contributed by atoms with Gasteiger partial charge in [0.1, 0.15) is 0 Å². The molecule has 148 valence electrons. The highest BCUT2D eigenvalue weighted by molar-refractivity contribution is 8.00. The number of carbonyl (C=O) groups is 1. The quantitative estimate of drug-likeness (QED) is 0.729. The predicted octanol–water partition coefficient (Wildman–Crippen LogP) is 2.19. The lowest BCUT2D eigenvalue weighted by Crippen LogP contribution is -2.40. The first-order valence-electron chi connectivity index (χ1n) is 7.75. The number of nitrogens with one attached hydrogen (secondary N) is 1. The summed E-state index contributed by atoms with van der Waals surface area (Å²) in [5.41, 5.74) is -0.920. The molecule has 3 rings (SSSR count). The third-order valence-corrected chi connectivity index (χ3v) is 7.09. The van der Waals surface area contributed by atoms with Crippen LogP contribution in [0.15, 0.2) is 17.4 Å². The third kappa shape index (κ3) is 4.49. The summed E-state index contributed by atoms with van der Waals surface area (Å²) in [6.07, 6.45) is -3.44. The number of sulfone groups is 1. The lowest BCUT2D eigenvalue weighted by molar-refractivity contribution is -0.137. The van der Waals surface area contributed by atoms with E-state index in [1.165, 1.54) is 0 Å². The van der Waals surface area contributed by atoms with E-state index < -0.39 is 38.8 Å². The molecule has 0 saturated carbocycles. The molecule has 2 aromatic rings. The van der Waals surface area contributed by atoms with Crippen LogP contribution in [-0.4, -0.2) is 51.7 Å². The van der Waals surface area contributed by atoms with Crippen LogP contribution in [0.25, 0.3) is 5.65 Å². The van der Waals surface area contributed by atoms with Crippen LogP contribution < -0.4 is 5.32 Å². The van der Waals surface area contributed by atoms with Crippen molar-refractivity contribution in [2.75, 3.05) is 11.5 Å². The number of halogens is 4. The fraction of sp³-hybridized carbons (Fsp3) is 0.500. The SMILES string of the molecule is C[C@@H](Sc1nnc2c(Cl)cc(C(F)(F)F)cn12)C(=O)N[C@H]1CCS(=O)(=O)C1. The molecule has 1 saturated heterocycles. The Balaban J connectivity index is 1.77. The van der Waals surface area contributed by atoms with Crippen molar-refractivity contribution >= 4 is 44.8 Å². The molecular formula is C14H14ClF3N4O3S2. The number of hydrogen-bond donors (Lipinski definition) is 1. The van der Waals surface area contributed by atoms with Crippen molar-refractivity contribution < 1.29 is 26.4 Å². The number of fused-ring (bicyclic) bond motifs is 1. The lowest BCUT2D eigenvalue weighted by atomic mass is 10.2. The van der Waals surface area contributed by atoms with Gasteiger partial charge >= 0.3 is 6.18 Å². The van der Waals surface area contributed by atoms with Crippen LogP contribution in [0.2, 0.25) is 5.02 Å². The molecule has 1 aliphatic rings. The molecule has 0 bridgehead atoms. The molecule has 1 amide bonds. The predicted molar refractivity (Wildman–Crippen MR) is 93.5 cm³/mol. The number of aromatic nitrogens is 3. The Morgan fingerprint density at radius 3 is 2.74 bits per heavy atom. The van der Waals surface area contributed by atoms with E-state index in [0.717, 1.165) is 28.4 Å². The van der Waals surface area contributed by atoms with Gasteiger partial charge in [-0.05, 0) is 19.4 Å². The van der Waals surface area contributed by atoms with Crippen LogP contribution >= 0.6 is 23.4 Å². The monoisotopic (exact) mass is 442 g/mol. The highest BCUT2D eigenvalue weighted by Gasteiger charge is 2.33. The Kier molecular flexibility index (Phi) is 5.34. The molecule has 0 radical (unpaired) electrons. The minimum Gasteiger partial charge on any atom is -0.351 e. The Bertz CT molecular complexity index is 993. The first-order valence-corrected chi connectivity index (χ1v) is 10.8. The summed E-state index contributed by atoms with van der Waals surface area (Å²) in [5, 5.41) is 9.33. The van der Waals surface area contributed by atoms with Crippen LogP contribution in [0.5, 0.6) is 0 Å². The second-order valence-electron chi connectivity index (χ2n) is 6.12. The fourth-order valence-electron chi connectivity index (χ4n) is 2.61. The van der Waals surface area contributed by atoms with E-state index in [1.807, 2.05) is 0 Å². The topological polar surface area (TPSA) is 93.4 Å². The summed E-state index contributed by atoms with van der Waals surface area (Å²) in [6.45, 7) is 1.54. The molecule has 1 N–H and O–H groups in total. The Hall–Kier alpha value is -1.53.